The molecule has 2 aliphatic heterocycles. The minimum Gasteiger partial charge on any atom is -0.479 e. The Labute approximate surface area is 190 Å². The summed E-state index contributed by atoms with van der Waals surface area (Å²) < 4.78 is 16.4. The molecule has 2 aliphatic rings. The summed E-state index contributed by atoms with van der Waals surface area (Å²) in [5.41, 5.74) is 3.04. The number of esters is 1. The maximum Gasteiger partial charge on any atom is 0.335 e. The van der Waals surface area contributed by atoms with E-state index in [-0.39, 0.29) is 6.42 Å². The second kappa shape index (κ2) is 9.03. The smallest absolute Gasteiger partial charge is 0.335 e. The Kier molecular flexibility index (Phi) is 6.47. The van der Waals surface area contributed by atoms with Gasteiger partial charge in [0.2, 0.25) is 6.29 Å². The number of aliphatic hydroxyl groups excluding tert-OH is 3. The maximum atomic E-state index is 12.9. The largest absolute Gasteiger partial charge is 0.479 e. The highest BCUT2D eigenvalue weighted by atomic mass is 16.7. The van der Waals surface area contributed by atoms with Crippen molar-refractivity contribution < 1.29 is 44.2 Å². The second-order valence-electron chi connectivity index (χ2n) is 8.52. The second-order valence-corrected chi connectivity index (χ2v) is 8.52. The van der Waals surface area contributed by atoms with Crippen LogP contribution in [0.2, 0.25) is 0 Å². The highest BCUT2D eigenvalue weighted by Crippen LogP contribution is 2.42. The van der Waals surface area contributed by atoms with Gasteiger partial charge in [-0.25, -0.2) is 4.79 Å². The van der Waals surface area contributed by atoms with Crippen molar-refractivity contribution in [3.05, 3.63) is 35.0 Å². The van der Waals surface area contributed by atoms with Crippen LogP contribution in [-0.4, -0.2) is 74.7 Å². The molecule has 0 spiro atoms. The van der Waals surface area contributed by atoms with E-state index in [4.69, 9.17) is 14.2 Å². The normalized spacial score (nSPS) is 31.8. The van der Waals surface area contributed by atoms with Crippen molar-refractivity contribution in [3.8, 4) is 0 Å². The zero-order valence-corrected chi connectivity index (χ0v) is 18.5. The number of aromatic nitrogens is 1. The fourth-order valence-electron chi connectivity index (χ4n) is 4.80. The Morgan fingerprint density at radius 1 is 1.18 bits per heavy atom. The van der Waals surface area contributed by atoms with Crippen LogP contribution in [0.25, 0.3) is 10.9 Å². The first kappa shape index (κ1) is 23.7. The number of para-hydroxylation sites is 1. The van der Waals surface area contributed by atoms with Crippen LogP contribution in [0.3, 0.4) is 0 Å². The number of aliphatic carboxylic acids is 1. The van der Waals surface area contributed by atoms with E-state index in [1.807, 2.05) is 25.1 Å². The lowest BCUT2D eigenvalue weighted by atomic mass is 9.86. The number of ether oxygens (including phenoxy) is 3. The summed E-state index contributed by atoms with van der Waals surface area (Å²) in [6, 6.07) is 6.10. The SMILES string of the molecule is CCc1cccc2c3c([nH]c12)C(CC)(CC(=O)O[C@@H]1OC(C(=O)O)[C@@H](O)C(O)C1O)OCC3. The molecule has 1 fully saturated rings. The molecule has 10 heteroatoms. The first-order chi connectivity index (χ1) is 15.7. The van der Waals surface area contributed by atoms with E-state index in [9.17, 15) is 30.0 Å². The zero-order valence-electron chi connectivity index (χ0n) is 18.5. The van der Waals surface area contributed by atoms with Crippen molar-refractivity contribution in [1.82, 2.24) is 4.98 Å². The lowest BCUT2D eigenvalue weighted by molar-refractivity contribution is -0.287. The Balaban J connectivity index is 1.60. The van der Waals surface area contributed by atoms with Gasteiger partial charge in [-0.2, -0.15) is 0 Å². The van der Waals surface area contributed by atoms with Crippen molar-refractivity contribution >= 4 is 22.8 Å². The van der Waals surface area contributed by atoms with Gasteiger partial charge >= 0.3 is 11.9 Å². The van der Waals surface area contributed by atoms with Crippen LogP contribution in [-0.2, 0) is 42.2 Å². The maximum absolute atomic E-state index is 12.9. The molecular formula is C23H29NO9. The number of nitrogens with one attached hydrogen (secondary N) is 1. The van der Waals surface area contributed by atoms with Crippen LogP contribution < -0.4 is 0 Å². The van der Waals surface area contributed by atoms with Gasteiger partial charge < -0.3 is 39.6 Å². The van der Waals surface area contributed by atoms with Crippen LogP contribution in [0.5, 0.6) is 0 Å². The van der Waals surface area contributed by atoms with Crippen molar-refractivity contribution in [2.45, 2.75) is 75.8 Å². The Morgan fingerprint density at radius 2 is 1.94 bits per heavy atom. The fourth-order valence-corrected chi connectivity index (χ4v) is 4.80. The van der Waals surface area contributed by atoms with Crippen molar-refractivity contribution in [2.24, 2.45) is 0 Å². The number of fused-ring (bicyclic) bond motifs is 3. The molecule has 180 valence electrons. The quantitative estimate of drug-likeness (QED) is 0.389. The fraction of sp³-hybridized carbons (Fsp3) is 0.565. The standard InChI is InChI=1S/C23H29NO9/c1-3-11-6-5-7-12-13-8-9-31-23(4-2,20(13)24-15(11)12)10-14(25)32-22-18(28)16(26)17(27)19(33-22)21(29)30/h5-7,16-19,22,24,26-28H,3-4,8-10H2,1-2H3,(H,29,30)/t16?,17-,18?,19?,22+,23?/m0/s1. The minimum atomic E-state index is -1.86. The molecule has 4 unspecified atom stereocenters. The van der Waals surface area contributed by atoms with Gasteiger partial charge in [-0.15, -0.1) is 0 Å². The molecule has 0 bridgehead atoms. The molecule has 0 aliphatic carbocycles. The van der Waals surface area contributed by atoms with Crippen LogP contribution in [0.1, 0.15) is 43.5 Å². The minimum absolute atomic E-state index is 0.215. The van der Waals surface area contributed by atoms with Gasteiger partial charge in [-0.05, 0) is 30.4 Å². The summed E-state index contributed by atoms with van der Waals surface area (Å²) in [6.45, 7) is 4.37. The van der Waals surface area contributed by atoms with Crippen molar-refractivity contribution in [3.63, 3.8) is 0 Å². The molecule has 0 amide bonds. The van der Waals surface area contributed by atoms with Crippen LogP contribution in [0.15, 0.2) is 18.2 Å². The topological polar surface area (TPSA) is 159 Å². The van der Waals surface area contributed by atoms with Gasteiger partial charge in [-0.3, -0.25) is 4.79 Å². The predicted octanol–water partition coefficient (Wildman–Crippen LogP) is 0.734. The number of carbonyl (C=O) groups is 2. The van der Waals surface area contributed by atoms with Gasteiger partial charge in [0.1, 0.15) is 23.9 Å². The number of carbonyl (C=O) groups excluding carboxylic acids is 1. The number of aromatic amines is 1. The number of aryl methyl sites for hydroxylation is 1. The number of hydrogen-bond acceptors (Lipinski definition) is 8. The van der Waals surface area contributed by atoms with Gasteiger partial charge in [0.25, 0.3) is 0 Å². The van der Waals surface area contributed by atoms with Gasteiger partial charge in [0.15, 0.2) is 6.10 Å². The lowest BCUT2D eigenvalue weighted by Crippen LogP contribution is -2.60. The highest BCUT2D eigenvalue weighted by Gasteiger charge is 2.49. The molecule has 1 aromatic heterocycles. The van der Waals surface area contributed by atoms with E-state index >= 15 is 0 Å². The molecule has 5 N–H and O–H groups in total. The van der Waals surface area contributed by atoms with Gasteiger partial charge in [0.05, 0.1) is 18.7 Å². The summed E-state index contributed by atoms with van der Waals surface area (Å²) in [6.07, 6.45) is -7.34. The molecule has 0 saturated carbocycles. The molecule has 6 atom stereocenters. The molecule has 2 aromatic rings. The van der Waals surface area contributed by atoms with Crippen molar-refractivity contribution in [2.75, 3.05) is 6.61 Å². The van der Waals surface area contributed by atoms with Gasteiger partial charge in [-0.1, -0.05) is 32.0 Å². The third kappa shape index (κ3) is 4.02. The third-order valence-corrected chi connectivity index (χ3v) is 6.66. The van der Waals surface area contributed by atoms with E-state index in [0.29, 0.717) is 19.4 Å². The van der Waals surface area contributed by atoms with Gasteiger partial charge in [0, 0.05) is 10.9 Å². The zero-order chi connectivity index (χ0) is 23.9. The van der Waals surface area contributed by atoms with E-state index < -0.39 is 48.2 Å². The predicted molar refractivity (Wildman–Crippen MR) is 114 cm³/mol. The van der Waals surface area contributed by atoms with E-state index in [1.54, 1.807) is 0 Å². The summed E-state index contributed by atoms with van der Waals surface area (Å²) >= 11 is 0. The molecule has 1 saturated heterocycles. The lowest BCUT2D eigenvalue weighted by Gasteiger charge is -2.39. The summed E-state index contributed by atoms with van der Waals surface area (Å²) in [5, 5.41) is 40.2. The number of H-pyrrole nitrogens is 1. The van der Waals surface area contributed by atoms with E-state index in [2.05, 4.69) is 11.9 Å². The van der Waals surface area contributed by atoms with E-state index in [0.717, 1.165) is 34.1 Å². The summed E-state index contributed by atoms with van der Waals surface area (Å²) in [4.78, 5) is 27.7. The first-order valence-electron chi connectivity index (χ1n) is 11.1. The molecule has 4 rings (SSSR count). The number of rotatable bonds is 6. The summed E-state index contributed by atoms with van der Waals surface area (Å²) in [7, 11) is 0. The molecule has 0 radical (unpaired) electrons. The molecule has 3 heterocycles. The average Bonchev–Trinajstić information content (AvgIpc) is 3.19. The monoisotopic (exact) mass is 463 g/mol. The molecule has 1 aromatic carbocycles. The molecule has 10 nitrogen and oxygen atoms in total. The Hall–Kier alpha value is -2.50. The van der Waals surface area contributed by atoms with Crippen LogP contribution in [0, 0.1) is 0 Å². The number of hydrogen-bond donors (Lipinski definition) is 5. The Bertz CT molecular complexity index is 1050. The number of carboxylic acid groups (broad SMARTS) is 1. The number of carboxylic acids is 1. The van der Waals surface area contributed by atoms with Crippen LogP contribution >= 0.6 is 0 Å². The highest BCUT2D eigenvalue weighted by molar-refractivity contribution is 5.88. The van der Waals surface area contributed by atoms with Crippen LogP contribution in [0.4, 0.5) is 0 Å². The van der Waals surface area contributed by atoms with E-state index in [1.165, 1.54) is 0 Å². The average molecular weight is 463 g/mol. The Morgan fingerprint density at radius 3 is 2.61 bits per heavy atom. The summed E-state index contributed by atoms with van der Waals surface area (Å²) in [5.74, 6) is -2.35. The number of benzene rings is 1. The number of aliphatic hydroxyl groups is 3. The molecule has 33 heavy (non-hydrogen) atoms. The molecular weight excluding hydrogens is 434 g/mol. The van der Waals surface area contributed by atoms with Crippen molar-refractivity contribution in [1.29, 1.82) is 0 Å². The third-order valence-electron chi connectivity index (χ3n) is 6.66. The first-order valence-corrected chi connectivity index (χ1v) is 11.1.